The van der Waals surface area contributed by atoms with E-state index in [-0.39, 0.29) is 0 Å². The Balaban J connectivity index is 2.83. The Hall–Kier alpha value is -0.500. The van der Waals surface area contributed by atoms with Crippen LogP contribution in [-0.4, -0.2) is 11.2 Å². The van der Waals surface area contributed by atoms with E-state index in [4.69, 9.17) is 0 Å². The molecule has 0 amide bonds. The van der Waals surface area contributed by atoms with Gasteiger partial charge in [0.1, 0.15) is 0 Å². The Bertz CT molecular complexity index is 150. The second kappa shape index (κ2) is 2.72. The molecule has 0 saturated heterocycles. The predicted molar refractivity (Wildman–Crippen MR) is 34.9 cm³/mol. The molecular formula is C6H6NS. The van der Waals surface area contributed by atoms with E-state index in [0.29, 0.717) is 0 Å². The third-order valence-electron chi connectivity index (χ3n) is 0.824. The molecule has 0 atom stereocenters. The molecule has 1 nitrogen and oxygen atoms in total. The van der Waals surface area contributed by atoms with Crippen LogP contribution >= 0.6 is 11.8 Å². The molecule has 1 rings (SSSR count). The van der Waals surface area contributed by atoms with Crippen molar-refractivity contribution < 1.29 is 0 Å². The number of aromatic nitrogens is 1. The molecule has 0 aliphatic heterocycles. The standard InChI is InChI=1S/C6H6NS/c1-8-6-3-2-4-7-5-6/h2-3,5H,1H3. The van der Waals surface area contributed by atoms with Gasteiger partial charge in [-0.2, -0.15) is 0 Å². The van der Waals surface area contributed by atoms with Crippen molar-refractivity contribution in [3.63, 3.8) is 0 Å². The molecule has 0 aliphatic rings. The maximum Gasteiger partial charge on any atom is 0.0886 e. The van der Waals surface area contributed by atoms with Crippen LogP contribution in [0.4, 0.5) is 0 Å². The first-order valence-electron chi connectivity index (χ1n) is 2.29. The molecule has 1 aromatic rings. The largest absolute Gasteiger partial charge is 0.253 e. The summed E-state index contributed by atoms with van der Waals surface area (Å²) < 4.78 is 0. The summed E-state index contributed by atoms with van der Waals surface area (Å²) in [7, 11) is 0. The van der Waals surface area contributed by atoms with Crippen molar-refractivity contribution in [2.45, 2.75) is 4.90 Å². The van der Waals surface area contributed by atoms with Crippen molar-refractivity contribution in [3.05, 3.63) is 24.5 Å². The Morgan fingerprint density at radius 1 is 1.75 bits per heavy atom. The van der Waals surface area contributed by atoms with Gasteiger partial charge in [-0.1, -0.05) is 0 Å². The van der Waals surface area contributed by atoms with Crippen molar-refractivity contribution in [3.8, 4) is 0 Å². The Kier molecular flexibility index (Phi) is 1.92. The molecule has 1 radical (unpaired) electrons. The van der Waals surface area contributed by atoms with Crippen LogP contribution in [-0.2, 0) is 0 Å². The number of hydrogen-bond acceptors (Lipinski definition) is 2. The van der Waals surface area contributed by atoms with Gasteiger partial charge in [-0.3, -0.25) is 4.98 Å². The molecule has 0 N–H and O–H groups in total. The SMILES string of the molecule is CSc1cc[c]nc1. The summed E-state index contributed by atoms with van der Waals surface area (Å²) in [6.45, 7) is 0. The third kappa shape index (κ3) is 1.23. The van der Waals surface area contributed by atoms with Crippen molar-refractivity contribution in [2.24, 2.45) is 0 Å². The summed E-state index contributed by atoms with van der Waals surface area (Å²) in [4.78, 5) is 4.99. The van der Waals surface area contributed by atoms with Gasteiger partial charge in [0.15, 0.2) is 0 Å². The van der Waals surface area contributed by atoms with Gasteiger partial charge in [0, 0.05) is 11.1 Å². The second-order valence-corrected chi connectivity index (χ2v) is 2.21. The van der Waals surface area contributed by atoms with Crippen LogP contribution in [0.5, 0.6) is 0 Å². The molecule has 1 aromatic heterocycles. The Morgan fingerprint density at radius 2 is 2.62 bits per heavy atom. The van der Waals surface area contributed by atoms with Crippen molar-refractivity contribution >= 4 is 11.8 Å². The highest BCUT2D eigenvalue weighted by Gasteiger charge is 1.82. The third-order valence-corrected chi connectivity index (χ3v) is 1.54. The molecule has 41 valence electrons. The summed E-state index contributed by atoms with van der Waals surface area (Å²) in [6.07, 6.45) is 6.52. The Labute approximate surface area is 53.1 Å². The average Bonchev–Trinajstić information content (AvgIpc) is 1.90. The van der Waals surface area contributed by atoms with Crippen LogP contribution in [0.1, 0.15) is 0 Å². The highest BCUT2D eigenvalue weighted by atomic mass is 32.2. The highest BCUT2D eigenvalue weighted by molar-refractivity contribution is 7.98. The molecule has 8 heavy (non-hydrogen) atoms. The van der Waals surface area contributed by atoms with Crippen LogP contribution < -0.4 is 0 Å². The zero-order valence-corrected chi connectivity index (χ0v) is 5.40. The molecule has 0 bridgehead atoms. The lowest BCUT2D eigenvalue weighted by molar-refractivity contribution is 1.23. The number of pyridine rings is 1. The van der Waals surface area contributed by atoms with Gasteiger partial charge in [-0.25, -0.2) is 0 Å². The Morgan fingerprint density at radius 3 is 3.00 bits per heavy atom. The van der Waals surface area contributed by atoms with Crippen LogP contribution in [0.25, 0.3) is 0 Å². The van der Waals surface area contributed by atoms with E-state index in [1.165, 1.54) is 4.90 Å². The van der Waals surface area contributed by atoms with Crippen LogP contribution in [0.15, 0.2) is 23.2 Å². The lowest BCUT2D eigenvalue weighted by Crippen LogP contribution is -1.69. The quantitative estimate of drug-likeness (QED) is 0.527. The second-order valence-electron chi connectivity index (χ2n) is 1.33. The topological polar surface area (TPSA) is 12.9 Å². The van der Waals surface area contributed by atoms with E-state index in [2.05, 4.69) is 11.2 Å². The molecule has 0 fully saturated rings. The van der Waals surface area contributed by atoms with E-state index in [1.54, 1.807) is 18.0 Å². The molecule has 0 spiro atoms. The normalized spacial score (nSPS) is 9.12. The van der Waals surface area contributed by atoms with Gasteiger partial charge < -0.3 is 0 Å². The molecular weight excluding hydrogens is 118 g/mol. The van der Waals surface area contributed by atoms with E-state index in [9.17, 15) is 0 Å². The van der Waals surface area contributed by atoms with Gasteiger partial charge >= 0.3 is 0 Å². The van der Waals surface area contributed by atoms with Gasteiger partial charge in [-0.05, 0) is 18.4 Å². The van der Waals surface area contributed by atoms with E-state index < -0.39 is 0 Å². The minimum atomic E-state index is 1.18. The fraction of sp³-hybridized carbons (Fsp3) is 0.167. The minimum absolute atomic E-state index is 1.18. The zero-order valence-electron chi connectivity index (χ0n) is 4.59. The fourth-order valence-electron chi connectivity index (χ4n) is 0.427. The monoisotopic (exact) mass is 124 g/mol. The molecule has 0 unspecified atom stereocenters. The van der Waals surface area contributed by atoms with Gasteiger partial charge in [-0.15, -0.1) is 11.8 Å². The summed E-state index contributed by atoms with van der Waals surface area (Å²) in [5.74, 6) is 0. The summed E-state index contributed by atoms with van der Waals surface area (Å²) >= 11 is 1.69. The zero-order chi connectivity index (χ0) is 5.82. The van der Waals surface area contributed by atoms with E-state index >= 15 is 0 Å². The summed E-state index contributed by atoms with van der Waals surface area (Å²) in [5, 5.41) is 0. The van der Waals surface area contributed by atoms with Crippen LogP contribution in [0, 0.1) is 6.20 Å². The van der Waals surface area contributed by atoms with E-state index in [0.717, 1.165) is 0 Å². The lowest BCUT2D eigenvalue weighted by atomic mass is 10.5. The fourth-order valence-corrected chi connectivity index (χ4v) is 0.789. The molecule has 0 aromatic carbocycles. The number of hydrogen-bond donors (Lipinski definition) is 0. The first-order chi connectivity index (χ1) is 3.93. The van der Waals surface area contributed by atoms with Crippen molar-refractivity contribution in [2.75, 3.05) is 6.26 Å². The summed E-state index contributed by atoms with van der Waals surface area (Å²) in [5.41, 5.74) is 0. The molecule has 0 aliphatic carbocycles. The maximum absolute atomic E-state index is 3.81. The first-order valence-corrected chi connectivity index (χ1v) is 3.52. The molecule has 1 heterocycles. The minimum Gasteiger partial charge on any atom is -0.253 e. The summed E-state index contributed by atoms with van der Waals surface area (Å²) in [6, 6.07) is 3.80. The average molecular weight is 124 g/mol. The number of rotatable bonds is 1. The van der Waals surface area contributed by atoms with Crippen LogP contribution in [0.3, 0.4) is 0 Å². The predicted octanol–water partition coefficient (Wildman–Crippen LogP) is 1.60. The first kappa shape index (κ1) is 5.63. The van der Waals surface area contributed by atoms with Gasteiger partial charge in [0.05, 0.1) is 6.20 Å². The van der Waals surface area contributed by atoms with Gasteiger partial charge in [0.25, 0.3) is 0 Å². The lowest BCUT2D eigenvalue weighted by Gasteiger charge is -1.88. The molecule has 2 heteroatoms. The van der Waals surface area contributed by atoms with Crippen LogP contribution in [0.2, 0.25) is 0 Å². The van der Waals surface area contributed by atoms with Crippen molar-refractivity contribution in [1.29, 1.82) is 0 Å². The maximum atomic E-state index is 3.81. The molecule has 0 saturated carbocycles. The van der Waals surface area contributed by atoms with Gasteiger partial charge in [0.2, 0.25) is 0 Å². The highest BCUT2D eigenvalue weighted by Crippen LogP contribution is 2.09. The number of nitrogens with zero attached hydrogens (tertiary/aromatic N) is 1. The van der Waals surface area contributed by atoms with Crippen molar-refractivity contribution in [1.82, 2.24) is 4.98 Å². The number of thioether (sulfide) groups is 1. The smallest absolute Gasteiger partial charge is 0.0886 e. The van der Waals surface area contributed by atoms with E-state index in [1.807, 2.05) is 18.4 Å².